The summed E-state index contributed by atoms with van der Waals surface area (Å²) in [6.45, 7) is 4.39. The number of aryl methyl sites for hydroxylation is 2. The molecule has 0 bridgehead atoms. The SMILES string of the molecule is Cc1ccc(C)c(OCCC(=O)OCc2ccc(C(=O)Nc3ccccc3)cc2)c1. The number of benzene rings is 3. The van der Waals surface area contributed by atoms with Gasteiger partial charge in [0.25, 0.3) is 5.91 Å². The van der Waals surface area contributed by atoms with Crippen molar-refractivity contribution in [2.24, 2.45) is 0 Å². The summed E-state index contributed by atoms with van der Waals surface area (Å²) in [5, 5.41) is 2.83. The molecule has 3 aromatic rings. The molecule has 1 N–H and O–H groups in total. The van der Waals surface area contributed by atoms with Crippen molar-refractivity contribution in [3.63, 3.8) is 0 Å². The summed E-state index contributed by atoms with van der Waals surface area (Å²) in [6.07, 6.45) is 0.172. The molecule has 0 aliphatic carbocycles. The fourth-order valence-electron chi connectivity index (χ4n) is 2.82. The predicted molar refractivity (Wildman–Crippen MR) is 117 cm³/mol. The molecular formula is C25H25NO4. The minimum atomic E-state index is -0.328. The van der Waals surface area contributed by atoms with E-state index in [0.717, 1.165) is 28.1 Å². The zero-order valence-corrected chi connectivity index (χ0v) is 17.2. The van der Waals surface area contributed by atoms with Crippen molar-refractivity contribution in [2.75, 3.05) is 11.9 Å². The summed E-state index contributed by atoms with van der Waals surface area (Å²) in [4.78, 5) is 24.2. The molecule has 5 nitrogen and oxygen atoms in total. The zero-order chi connectivity index (χ0) is 21.3. The summed E-state index contributed by atoms with van der Waals surface area (Å²) < 4.78 is 11.0. The Bertz CT molecular complexity index is 997. The molecule has 0 aromatic heterocycles. The second kappa shape index (κ2) is 10.3. The molecule has 0 radical (unpaired) electrons. The molecule has 3 rings (SSSR count). The lowest BCUT2D eigenvalue weighted by atomic mass is 10.1. The van der Waals surface area contributed by atoms with Crippen LogP contribution in [0.15, 0.2) is 72.8 Å². The van der Waals surface area contributed by atoms with E-state index >= 15 is 0 Å². The predicted octanol–water partition coefficient (Wildman–Crippen LogP) is 5.07. The highest BCUT2D eigenvalue weighted by atomic mass is 16.5. The van der Waals surface area contributed by atoms with Gasteiger partial charge in [0.1, 0.15) is 12.4 Å². The largest absolute Gasteiger partial charge is 0.493 e. The highest BCUT2D eigenvalue weighted by Gasteiger charge is 2.08. The molecule has 0 saturated heterocycles. The number of para-hydroxylation sites is 1. The lowest BCUT2D eigenvalue weighted by Gasteiger charge is -2.10. The number of hydrogen-bond acceptors (Lipinski definition) is 4. The first kappa shape index (κ1) is 21.1. The number of nitrogens with one attached hydrogen (secondary N) is 1. The molecule has 0 saturated carbocycles. The van der Waals surface area contributed by atoms with E-state index in [1.54, 1.807) is 24.3 Å². The number of carbonyl (C=O) groups excluding carboxylic acids is 2. The molecule has 0 aliphatic heterocycles. The molecule has 5 heteroatoms. The van der Waals surface area contributed by atoms with Gasteiger partial charge < -0.3 is 14.8 Å². The molecule has 0 spiro atoms. The summed E-state index contributed by atoms with van der Waals surface area (Å²) in [7, 11) is 0. The van der Waals surface area contributed by atoms with Crippen LogP contribution in [0.3, 0.4) is 0 Å². The molecule has 0 fully saturated rings. The van der Waals surface area contributed by atoms with Gasteiger partial charge >= 0.3 is 5.97 Å². The van der Waals surface area contributed by atoms with Crippen LogP contribution in [0.25, 0.3) is 0 Å². The van der Waals surface area contributed by atoms with Gasteiger partial charge in [0.05, 0.1) is 13.0 Å². The van der Waals surface area contributed by atoms with Gasteiger partial charge in [-0.05, 0) is 60.9 Å². The average molecular weight is 403 g/mol. The van der Waals surface area contributed by atoms with Gasteiger partial charge in [-0.2, -0.15) is 0 Å². The van der Waals surface area contributed by atoms with Crippen LogP contribution in [0.2, 0.25) is 0 Å². The Morgan fingerprint density at radius 3 is 2.37 bits per heavy atom. The van der Waals surface area contributed by atoms with E-state index in [-0.39, 0.29) is 31.5 Å². The maximum atomic E-state index is 12.3. The number of rotatable bonds is 8. The number of amides is 1. The van der Waals surface area contributed by atoms with Gasteiger partial charge in [-0.3, -0.25) is 9.59 Å². The molecule has 0 unspecified atom stereocenters. The molecular weight excluding hydrogens is 378 g/mol. The van der Waals surface area contributed by atoms with Crippen LogP contribution in [0.4, 0.5) is 5.69 Å². The Labute approximate surface area is 176 Å². The summed E-state index contributed by atoms with van der Waals surface area (Å²) in [5.74, 6) is 0.270. The third-order valence-corrected chi connectivity index (χ3v) is 4.56. The number of carbonyl (C=O) groups is 2. The minimum Gasteiger partial charge on any atom is -0.493 e. The van der Waals surface area contributed by atoms with Gasteiger partial charge in [0.2, 0.25) is 0 Å². The van der Waals surface area contributed by atoms with Crippen LogP contribution in [0, 0.1) is 13.8 Å². The molecule has 0 aliphatic rings. The Kier molecular flexibility index (Phi) is 7.22. The number of hydrogen-bond donors (Lipinski definition) is 1. The lowest BCUT2D eigenvalue weighted by Crippen LogP contribution is -2.12. The first-order chi connectivity index (χ1) is 14.5. The van der Waals surface area contributed by atoms with Crippen LogP contribution in [0.1, 0.15) is 33.5 Å². The van der Waals surface area contributed by atoms with Gasteiger partial charge in [-0.25, -0.2) is 0 Å². The van der Waals surface area contributed by atoms with Crippen molar-refractivity contribution in [1.29, 1.82) is 0 Å². The number of esters is 1. The molecule has 0 heterocycles. The average Bonchev–Trinajstić information content (AvgIpc) is 2.76. The molecule has 1 amide bonds. The Hall–Kier alpha value is -3.60. The van der Waals surface area contributed by atoms with E-state index in [9.17, 15) is 9.59 Å². The third kappa shape index (κ3) is 6.21. The first-order valence-electron chi connectivity index (χ1n) is 9.82. The van der Waals surface area contributed by atoms with Crippen molar-refractivity contribution in [2.45, 2.75) is 26.9 Å². The highest BCUT2D eigenvalue weighted by molar-refractivity contribution is 6.04. The van der Waals surface area contributed by atoms with E-state index < -0.39 is 0 Å². The van der Waals surface area contributed by atoms with Gasteiger partial charge in [-0.15, -0.1) is 0 Å². The van der Waals surface area contributed by atoms with Gasteiger partial charge in [0, 0.05) is 11.3 Å². The normalized spacial score (nSPS) is 10.3. The zero-order valence-electron chi connectivity index (χ0n) is 17.2. The van der Waals surface area contributed by atoms with Crippen molar-refractivity contribution in [3.8, 4) is 5.75 Å². The van der Waals surface area contributed by atoms with E-state index in [1.165, 1.54) is 0 Å². The Morgan fingerprint density at radius 2 is 1.63 bits per heavy atom. The van der Waals surface area contributed by atoms with Gasteiger partial charge in [0.15, 0.2) is 0 Å². The molecule has 0 atom stereocenters. The molecule has 30 heavy (non-hydrogen) atoms. The van der Waals surface area contributed by atoms with Crippen LogP contribution in [0.5, 0.6) is 5.75 Å². The number of anilines is 1. The van der Waals surface area contributed by atoms with Crippen molar-refractivity contribution >= 4 is 17.6 Å². The number of ether oxygens (including phenoxy) is 2. The van der Waals surface area contributed by atoms with Crippen LogP contribution in [-0.4, -0.2) is 18.5 Å². The van der Waals surface area contributed by atoms with Gasteiger partial charge in [-0.1, -0.05) is 42.5 Å². The first-order valence-corrected chi connectivity index (χ1v) is 9.82. The fraction of sp³-hybridized carbons (Fsp3) is 0.200. The topological polar surface area (TPSA) is 64.6 Å². The van der Waals surface area contributed by atoms with E-state index in [2.05, 4.69) is 5.32 Å². The summed E-state index contributed by atoms with van der Waals surface area (Å²) in [6, 6.07) is 22.2. The van der Waals surface area contributed by atoms with Crippen molar-refractivity contribution < 1.29 is 19.1 Å². The highest BCUT2D eigenvalue weighted by Crippen LogP contribution is 2.19. The Morgan fingerprint density at radius 1 is 0.900 bits per heavy atom. The van der Waals surface area contributed by atoms with E-state index in [4.69, 9.17) is 9.47 Å². The standard InChI is InChI=1S/C25H25NO4/c1-18-8-9-19(2)23(16-18)29-15-14-24(27)30-17-20-10-12-21(13-11-20)25(28)26-22-6-4-3-5-7-22/h3-13,16H,14-15,17H2,1-2H3,(H,26,28). The summed E-state index contributed by atoms with van der Waals surface area (Å²) in [5.41, 5.74) is 4.24. The minimum absolute atomic E-state index is 0.156. The molecule has 3 aromatic carbocycles. The van der Waals surface area contributed by atoms with Crippen molar-refractivity contribution in [1.82, 2.24) is 0 Å². The fourth-order valence-corrected chi connectivity index (χ4v) is 2.82. The monoisotopic (exact) mass is 403 g/mol. The smallest absolute Gasteiger partial charge is 0.309 e. The Balaban J connectivity index is 1.42. The van der Waals surface area contributed by atoms with E-state index in [0.29, 0.717) is 5.56 Å². The van der Waals surface area contributed by atoms with Crippen molar-refractivity contribution in [3.05, 3.63) is 95.1 Å². The van der Waals surface area contributed by atoms with Crippen LogP contribution < -0.4 is 10.1 Å². The van der Waals surface area contributed by atoms with Crippen LogP contribution in [-0.2, 0) is 16.1 Å². The van der Waals surface area contributed by atoms with Crippen LogP contribution >= 0.6 is 0 Å². The summed E-state index contributed by atoms with van der Waals surface area (Å²) >= 11 is 0. The quantitative estimate of drug-likeness (QED) is 0.534. The lowest BCUT2D eigenvalue weighted by molar-refractivity contribution is -0.145. The molecule has 154 valence electrons. The maximum Gasteiger partial charge on any atom is 0.309 e. The second-order valence-corrected chi connectivity index (χ2v) is 7.05. The second-order valence-electron chi connectivity index (χ2n) is 7.05. The maximum absolute atomic E-state index is 12.3. The third-order valence-electron chi connectivity index (χ3n) is 4.56. The van der Waals surface area contributed by atoms with E-state index in [1.807, 2.05) is 62.4 Å².